The second kappa shape index (κ2) is 2.66. The van der Waals surface area contributed by atoms with E-state index in [1.807, 2.05) is 0 Å². The second-order valence-corrected chi connectivity index (χ2v) is 1.98. The van der Waals surface area contributed by atoms with Gasteiger partial charge in [0.15, 0.2) is 0 Å². The molecule has 0 radical (unpaired) electrons. The van der Waals surface area contributed by atoms with E-state index in [0.29, 0.717) is 12.0 Å². The summed E-state index contributed by atoms with van der Waals surface area (Å²) in [6, 6.07) is 0. The van der Waals surface area contributed by atoms with Crippen LogP contribution in [0.3, 0.4) is 0 Å². The standard InChI is InChI=1S/C7H8O3/c1-2-3-5-4-6(8)10-7(5)9/h2,4,6,8H,1,3H2/t6-/m1/s1. The fraction of sp³-hybridized carbons (Fsp3) is 0.286. The molecule has 0 aromatic rings. The van der Waals surface area contributed by atoms with Crippen LogP contribution >= 0.6 is 0 Å². The third kappa shape index (κ3) is 1.25. The van der Waals surface area contributed by atoms with E-state index in [1.54, 1.807) is 6.08 Å². The molecule has 54 valence electrons. The average molecular weight is 140 g/mol. The highest BCUT2D eigenvalue weighted by molar-refractivity contribution is 5.90. The van der Waals surface area contributed by atoms with Crippen LogP contribution in [0, 0.1) is 0 Å². The van der Waals surface area contributed by atoms with Gasteiger partial charge in [-0.25, -0.2) is 4.79 Å². The molecule has 0 saturated carbocycles. The number of aliphatic hydroxyl groups is 1. The van der Waals surface area contributed by atoms with Gasteiger partial charge in [0.25, 0.3) is 0 Å². The van der Waals surface area contributed by atoms with E-state index in [0.717, 1.165) is 0 Å². The quantitative estimate of drug-likeness (QED) is 0.445. The Hall–Kier alpha value is -1.09. The van der Waals surface area contributed by atoms with Crippen LogP contribution in [-0.2, 0) is 9.53 Å². The summed E-state index contributed by atoms with van der Waals surface area (Å²) in [7, 11) is 0. The molecule has 0 unspecified atom stereocenters. The molecule has 1 N–H and O–H groups in total. The molecule has 10 heavy (non-hydrogen) atoms. The fourth-order valence-electron chi connectivity index (χ4n) is 0.766. The van der Waals surface area contributed by atoms with Gasteiger partial charge in [-0.05, 0) is 12.5 Å². The molecule has 3 nitrogen and oxygen atoms in total. The van der Waals surface area contributed by atoms with Crippen LogP contribution in [0.25, 0.3) is 0 Å². The van der Waals surface area contributed by atoms with Gasteiger partial charge < -0.3 is 9.84 Å². The zero-order chi connectivity index (χ0) is 7.56. The number of cyclic esters (lactones) is 1. The maximum atomic E-state index is 10.7. The molecule has 0 aromatic carbocycles. The van der Waals surface area contributed by atoms with Crippen LogP contribution in [-0.4, -0.2) is 17.4 Å². The Labute approximate surface area is 58.6 Å². The van der Waals surface area contributed by atoms with E-state index in [4.69, 9.17) is 5.11 Å². The molecular formula is C7H8O3. The smallest absolute Gasteiger partial charge is 0.336 e. The molecule has 0 amide bonds. The normalized spacial score (nSPS) is 23.9. The average Bonchev–Trinajstić information content (AvgIpc) is 2.13. The lowest BCUT2D eigenvalue weighted by molar-refractivity contribution is -0.151. The SMILES string of the molecule is C=CCC1=C[C@H](O)OC1=O. The summed E-state index contributed by atoms with van der Waals surface area (Å²) in [4.78, 5) is 10.7. The number of carbonyl (C=O) groups excluding carboxylic acids is 1. The lowest BCUT2D eigenvalue weighted by Crippen LogP contribution is -2.05. The molecule has 0 saturated heterocycles. The van der Waals surface area contributed by atoms with E-state index >= 15 is 0 Å². The summed E-state index contributed by atoms with van der Waals surface area (Å²) in [5.41, 5.74) is 0.475. The van der Waals surface area contributed by atoms with Crippen molar-refractivity contribution in [2.75, 3.05) is 0 Å². The topological polar surface area (TPSA) is 46.5 Å². The van der Waals surface area contributed by atoms with Gasteiger partial charge in [-0.2, -0.15) is 0 Å². The second-order valence-electron chi connectivity index (χ2n) is 1.98. The Morgan fingerprint density at radius 3 is 3.00 bits per heavy atom. The molecule has 1 atom stereocenters. The monoisotopic (exact) mass is 140 g/mol. The molecule has 3 heteroatoms. The van der Waals surface area contributed by atoms with Crippen molar-refractivity contribution in [2.45, 2.75) is 12.7 Å². The highest BCUT2D eigenvalue weighted by atomic mass is 16.6. The third-order valence-electron chi connectivity index (χ3n) is 1.20. The molecule has 0 aromatic heterocycles. The summed E-state index contributed by atoms with van der Waals surface area (Å²) >= 11 is 0. The van der Waals surface area contributed by atoms with Gasteiger partial charge >= 0.3 is 5.97 Å². The number of carbonyl (C=O) groups is 1. The van der Waals surface area contributed by atoms with Crippen molar-refractivity contribution in [3.8, 4) is 0 Å². The predicted octanol–water partition coefficient (Wildman–Crippen LogP) is 0.364. The molecule has 0 bridgehead atoms. The molecule has 1 heterocycles. The van der Waals surface area contributed by atoms with Crippen molar-refractivity contribution >= 4 is 5.97 Å². The van der Waals surface area contributed by atoms with E-state index in [2.05, 4.69) is 11.3 Å². The minimum atomic E-state index is -1.05. The van der Waals surface area contributed by atoms with Crippen LogP contribution in [0.15, 0.2) is 24.3 Å². The number of allylic oxidation sites excluding steroid dienone is 1. The lowest BCUT2D eigenvalue weighted by Gasteiger charge is -1.95. The van der Waals surface area contributed by atoms with E-state index in [9.17, 15) is 4.79 Å². The minimum absolute atomic E-state index is 0.451. The minimum Gasteiger partial charge on any atom is -0.429 e. The van der Waals surface area contributed by atoms with Crippen molar-refractivity contribution in [1.82, 2.24) is 0 Å². The Morgan fingerprint density at radius 2 is 2.60 bits per heavy atom. The highest BCUT2D eigenvalue weighted by Crippen LogP contribution is 2.14. The molecule has 0 spiro atoms. The van der Waals surface area contributed by atoms with Crippen LogP contribution in [0.2, 0.25) is 0 Å². The molecule has 0 fully saturated rings. The molecule has 1 aliphatic heterocycles. The first kappa shape index (κ1) is 7.02. The maximum absolute atomic E-state index is 10.7. The number of hydrogen-bond donors (Lipinski definition) is 1. The van der Waals surface area contributed by atoms with Gasteiger partial charge in [0.1, 0.15) is 0 Å². The van der Waals surface area contributed by atoms with Crippen molar-refractivity contribution < 1.29 is 14.6 Å². The fourth-order valence-corrected chi connectivity index (χ4v) is 0.766. The molecule has 1 rings (SSSR count). The summed E-state index contributed by atoms with van der Waals surface area (Å²) in [6.07, 6.45) is 2.37. The maximum Gasteiger partial charge on any atom is 0.336 e. The lowest BCUT2D eigenvalue weighted by atomic mass is 10.2. The summed E-state index contributed by atoms with van der Waals surface area (Å²) in [5.74, 6) is -0.451. The highest BCUT2D eigenvalue weighted by Gasteiger charge is 2.21. The Kier molecular flexibility index (Phi) is 1.87. The van der Waals surface area contributed by atoms with Crippen LogP contribution in [0.1, 0.15) is 6.42 Å². The summed E-state index contributed by atoms with van der Waals surface area (Å²) in [5, 5.41) is 8.74. The van der Waals surface area contributed by atoms with Crippen molar-refractivity contribution in [3.05, 3.63) is 24.3 Å². The number of rotatable bonds is 2. The van der Waals surface area contributed by atoms with E-state index in [1.165, 1.54) is 6.08 Å². The van der Waals surface area contributed by atoms with Crippen LogP contribution < -0.4 is 0 Å². The summed E-state index contributed by atoms with van der Waals surface area (Å²) < 4.78 is 4.40. The van der Waals surface area contributed by atoms with Gasteiger partial charge in [-0.1, -0.05) is 6.08 Å². The van der Waals surface area contributed by atoms with E-state index in [-0.39, 0.29) is 0 Å². The third-order valence-corrected chi connectivity index (χ3v) is 1.20. The zero-order valence-corrected chi connectivity index (χ0v) is 5.41. The van der Waals surface area contributed by atoms with Crippen molar-refractivity contribution in [3.63, 3.8) is 0 Å². The Bertz CT molecular complexity index is 193. The zero-order valence-electron chi connectivity index (χ0n) is 5.41. The Morgan fingerprint density at radius 1 is 1.90 bits per heavy atom. The number of hydrogen-bond acceptors (Lipinski definition) is 3. The molecule has 1 aliphatic rings. The summed E-state index contributed by atoms with van der Waals surface area (Å²) in [6.45, 7) is 3.45. The van der Waals surface area contributed by atoms with E-state index < -0.39 is 12.3 Å². The first-order valence-electron chi connectivity index (χ1n) is 2.94. The van der Waals surface area contributed by atoms with Gasteiger partial charge in [0.05, 0.1) is 0 Å². The number of esters is 1. The van der Waals surface area contributed by atoms with Gasteiger partial charge in [0, 0.05) is 5.57 Å². The van der Waals surface area contributed by atoms with Gasteiger partial charge in [-0.15, -0.1) is 6.58 Å². The van der Waals surface area contributed by atoms with Gasteiger partial charge in [0.2, 0.25) is 6.29 Å². The van der Waals surface area contributed by atoms with Gasteiger partial charge in [-0.3, -0.25) is 0 Å². The predicted molar refractivity (Wildman–Crippen MR) is 35.0 cm³/mol. The Balaban J connectivity index is 2.65. The number of aliphatic hydroxyl groups excluding tert-OH is 1. The van der Waals surface area contributed by atoms with Crippen molar-refractivity contribution in [2.24, 2.45) is 0 Å². The van der Waals surface area contributed by atoms with Crippen molar-refractivity contribution in [1.29, 1.82) is 0 Å². The van der Waals surface area contributed by atoms with Crippen LogP contribution in [0.4, 0.5) is 0 Å². The number of ether oxygens (including phenoxy) is 1. The largest absolute Gasteiger partial charge is 0.429 e. The first-order chi connectivity index (χ1) is 4.74. The van der Waals surface area contributed by atoms with Crippen LogP contribution in [0.5, 0.6) is 0 Å². The first-order valence-corrected chi connectivity index (χ1v) is 2.94. The molecule has 0 aliphatic carbocycles. The molecular weight excluding hydrogens is 132 g/mol.